The summed E-state index contributed by atoms with van der Waals surface area (Å²) in [4.78, 5) is 15.7. The first-order valence-corrected chi connectivity index (χ1v) is 7.25. The highest BCUT2D eigenvalue weighted by atomic mass is 19.4. The van der Waals surface area contributed by atoms with Gasteiger partial charge in [-0.15, -0.1) is 0 Å². The van der Waals surface area contributed by atoms with Crippen molar-refractivity contribution in [2.24, 2.45) is 0 Å². The molecule has 1 aromatic carbocycles. The summed E-state index contributed by atoms with van der Waals surface area (Å²) in [5.41, 5.74) is 0.182. The predicted octanol–water partition coefficient (Wildman–Crippen LogP) is 2.39. The first-order chi connectivity index (χ1) is 10.7. The lowest BCUT2D eigenvalue weighted by Crippen LogP contribution is -2.38. The molecule has 1 aromatic rings. The zero-order valence-electron chi connectivity index (χ0n) is 12.5. The number of urea groups is 1. The summed E-state index contributed by atoms with van der Waals surface area (Å²) in [6.45, 7) is 1.31. The van der Waals surface area contributed by atoms with E-state index < -0.39 is 24.4 Å². The number of benzene rings is 1. The van der Waals surface area contributed by atoms with Crippen LogP contribution in [-0.2, 0) is 0 Å². The molecule has 5 nitrogen and oxygen atoms in total. The molecule has 2 fully saturated rings. The van der Waals surface area contributed by atoms with Crippen LogP contribution >= 0.6 is 0 Å². The normalized spacial score (nSPS) is 27.5. The number of alkyl halides is 3. The molecular weight excluding hydrogens is 313 g/mol. The van der Waals surface area contributed by atoms with Gasteiger partial charge in [0.15, 0.2) is 6.61 Å². The van der Waals surface area contributed by atoms with Gasteiger partial charge in [-0.3, -0.25) is 4.90 Å². The highest BCUT2D eigenvalue weighted by Crippen LogP contribution is 2.38. The summed E-state index contributed by atoms with van der Waals surface area (Å²) < 4.78 is 41.0. The Morgan fingerprint density at radius 1 is 1.35 bits per heavy atom. The second kappa shape index (κ2) is 5.30. The summed E-state index contributed by atoms with van der Waals surface area (Å²) in [5.74, 6) is 0.0971. The number of nitrogens with zero attached hydrogens (tertiary/aromatic N) is 2. The number of hydrogen-bond acceptors (Lipinski definition) is 3. The van der Waals surface area contributed by atoms with Gasteiger partial charge in [0.1, 0.15) is 5.75 Å². The van der Waals surface area contributed by atoms with Gasteiger partial charge in [0, 0.05) is 12.2 Å². The van der Waals surface area contributed by atoms with Gasteiger partial charge in [0.25, 0.3) is 0 Å². The van der Waals surface area contributed by atoms with Crippen LogP contribution in [0.4, 0.5) is 23.7 Å². The Morgan fingerprint density at radius 2 is 2.00 bits per heavy atom. The van der Waals surface area contributed by atoms with Gasteiger partial charge >= 0.3 is 12.2 Å². The van der Waals surface area contributed by atoms with E-state index in [1.165, 1.54) is 12.1 Å². The number of aliphatic hydroxyl groups excluding tert-OH is 1. The maximum absolute atomic E-state index is 12.4. The second-order valence-corrected chi connectivity index (χ2v) is 6.23. The molecule has 3 rings (SSSR count). The number of β-amino-alcohol motifs (C(OH)–C–C–N with tert-alkyl or cyclic N) is 1. The molecule has 2 atom stereocenters. The predicted molar refractivity (Wildman–Crippen MR) is 76.5 cm³/mol. The smallest absolute Gasteiger partial charge is 0.422 e. The van der Waals surface area contributed by atoms with E-state index in [4.69, 9.17) is 0 Å². The van der Waals surface area contributed by atoms with Crippen molar-refractivity contribution < 1.29 is 27.8 Å². The number of carbonyl (C=O) groups excluding carboxylic acids is 1. The van der Waals surface area contributed by atoms with Crippen molar-refractivity contribution >= 4 is 11.7 Å². The zero-order valence-corrected chi connectivity index (χ0v) is 12.5. The molecule has 126 valence electrons. The highest BCUT2D eigenvalue weighted by molar-refractivity contribution is 5.95. The number of rotatable bonds is 3. The third-order valence-corrected chi connectivity index (χ3v) is 4.23. The molecule has 0 radical (unpaired) electrons. The molecule has 2 aliphatic heterocycles. The lowest BCUT2D eigenvalue weighted by atomic mass is 9.99. The minimum Gasteiger partial charge on any atom is -0.484 e. The van der Waals surface area contributed by atoms with E-state index in [9.17, 15) is 23.1 Å². The second-order valence-electron chi connectivity index (χ2n) is 6.23. The largest absolute Gasteiger partial charge is 0.484 e. The average Bonchev–Trinajstić information content (AvgIpc) is 2.88. The quantitative estimate of drug-likeness (QED) is 0.926. The first kappa shape index (κ1) is 15.9. The molecule has 2 heterocycles. The van der Waals surface area contributed by atoms with Crippen LogP contribution in [-0.4, -0.2) is 53.6 Å². The number of ether oxygens (including phenoxy) is 1. The summed E-state index contributed by atoms with van der Waals surface area (Å²) in [6, 6.07) is 5.74. The van der Waals surface area contributed by atoms with Crippen molar-refractivity contribution in [1.29, 1.82) is 0 Å². The monoisotopic (exact) mass is 330 g/mol. The van der Waals surface area contributed by atoms with E-state index in [2.05, 4.69) is 4.74 Å². The Hall–Kier alpha value is -1.96. The van der Waals surface area contributed by atoms with Gasteiger partial charge in [-0.2, -0.15) is 13.2 Å². The van der Waals surface area contributed by atoms with E-state index in [0.29, 0.717) is 25.2 Å². The first-order valence-electron chi connectivity index (χ1n) is 7.25. The molecule has 2 saturated heterocycles. The van der Waals surface area contributed by atoms with E-state index in [1.54, 1.807) is 21.9 Å². The van der Waals surface area contributed by atoms with Gasteiger partial charge in [-0.1, -0.05) is 0 Å². The molecule has 2 amide bonds. The average molecular weight is 330 g/mol. The summed E-state index contributed by atoms with van der Waals surface area (Å²) in [7, 11) is 0. The van der Waals surface area contributed by atoms with Crippen LogP contribution in [0.3, 0.4) is 0 Å². The number of anilines is 1. The molecule has 0 spiro atoms. The third kappa shape index (κ3) is 3.08. The Kier molecular flexibility index (Phi) is 3.66. The Balaban J connectivity index is 1.70. The fourth-order valence-electron chi connectivity index (χ4n) is 3.22. The molecule has 0 aromatic heterocycles. The van der Waals surface area contributed by atoms with E-state index in [1.807, 2.05) is 6.92 Å². The van der Waals surface area contributed by atoms with Crippen LogP contribution in [0.15, 0.2) is 24.3 Å². The Labute approximate surface area is 131 Å². The van der Waals surface area contributed by atoms with Gasteiger partial charge < -0.3 is 14.7 Å². The number of halogens is 3. The van der Waals surface area contributed by atoms with Crippen molar-refractivity contribution in [3.8, 4) is 5.75 Å². The maximum atomic E-state index is 12.4. The van der Waals surface area contributed by atoms with Crippen LogP contribution in [0.1, 0.15) is 13.3 Å². The number of carbonyl (C=O) groups is 1. The van der Waals surface area contributed by atoms with Gasteiger partial charge in [-0.05, 0) is 37.6 Å². The molecule has 1 N–H and O–H groups in total. The third-order valence-electron chi connectivity index (χ3n) is 4.23. The summed E-state index contributed by atoms with van der Waals surface area (Å²) in [6.07, 6.45) is -4.38. The van der Waals surface area contributed by atoms with E-state index in [0.717, 1.165) is 0 Å². The van der Waals surface area contributed by atoms with E-state index >= 15 is 0 Å². The number of fused-ring (bicyclic) bond motifs is 1. The number of amides is 2. The van der Waals surface area contributed by atoms with Crippen LogP contribution in [0, 0.1) is 0 Å². The molecule has 2 aliphatic rings. The van der Waals surface area contributed by atoms with Crippen molar-refractivity contribution in [3.63, 3.8) is 0 Å². The van der Waals surface area contributed by atoms with Crippen molar-refractivity contribution in [2.75, 3.05) is 24.6 Å². The SMILES string of the molecule is C[C@]12C[C@@H](O)CN1C(=O)N(c1ccc(OCC(F)(F)F)cc1)C2. The highest BCUT2D eigenvalue weighted by Gasteiger charge is 2.52. The van der Waals surface area contributed by atoms with Gasteiger partial charge in [0.2, 0.25) is 0 Å². The maximum Gasteiger partial charge on any atom is 0.422 e. The van der Waals surface area contributed by atoms with Gasteiger partial charge in [-0.25, -0.2) is 4.79 Å². The van der Waals surface area contributed by atoms with Crippen molar-refractivity contribution in [1.82, 2.24) is 4.90 Å². The molecule has 0 aliphatic carbocycles. The molecule has 0 bridgehead atoms. The Bertz CT molecular complexity index is 605. The minimum absolute atomic E-state index is 0.0971. The van der Waals surface area contributed by atoms with Crippen molar-refractivity contribution in [2.45, 2.75) is 31.2 Å². The van der Waals surface area contributed by atoms with Crippen LogP contribution in [0.2, 0.25) is 0 Å². The van der Waals surface area contributed by atoms with Crippen LogP contribution in [0.5, 0.6) is 5.75 Å². The van der Waals surface area contributed by atoms with Crippen LogP contribution in [0.25, 0.3) is 0 Å². The Morgan fingerprint density at radius 3 is 2.57 bits per heavy atom. The lowest BCUT2D eigenvalue weighted by molar-refractivity contribution is -0.153. The zero-order chi connectivity index (χ0) is 16.8. The fraction of sp³-hybridized carbons (Fsp3) is 0.533. The number of hydrogen-bond donors (Lipinski definition) is 1. The molecule has 0 saturated carbocycles. The molecule has 8 heteroatoms. The molecule has 0 unspecified atom stereocenters. The van der Waals surface area contributed by atoms with E-state index in [-0.39, 0.29) is 11.8 Å². The van der Waals surface area contributed by atoms with Gasteiger partial charge in [0.05, 0.1) is 18.2 Å². The van der Waals surface area contributed by atoms with Crippen molar-refractivity contribution in [3.05, 3.63) is 24.3 Å². The molecular formula is C15H17F3N2O3. The van der Waals surface area contributed by atoms with Crippen LogP contribution < -0.4 is 9.64 Å². The lowest BCUT2D eigenvalue weighted by Gasteiger charge is -2.23. The molecule has 23 heavy (non-hydrogen) atoms. The minimum atomic E-state index is -4.39. The summed E-state index contributed by atoms with van der Waals surface area (Å²) in [5, 5.41) is 9.72. The summed E-state index contributed by atoms with van der Waals surface area (Å²) >= 11 is 0. The number of aliphatic hydroxyl groups is 1. The topological polar surface area (TPSA) is 53.0 Å². The fourth-order valence-corrected chi connectivity index (χ4v) is 3.22. The standard InChI is InChI=1S/C15H17F3N2O3/c1-14-6-11(21)7-20(14)13(22)19(8-14)10-2-4-12(5-3-10)23-9-15(16,17)18/h2-5,11,21H,6-9H2,1H3/t11-,14-/m1/s1.